The second-order valence-corrected chi connectivity index (χ2v) is 7.93. The van der Waals surface area contributed by atoms with E-state index in [1.165, 1.54) is 0 Å². The van der Waals surface area contributed by atoms with Crippen molar-refractivity contribution >= 4 is 0 Å². The summed E-state index contributed by atoms with van der Waals surface area (Å²) in [6, 6.07) is 11.3. The lowest BCUT2D eigenvalue weighted by Gasteiger charge is -2.25. The Morgan fingerprint density at radius 3 is 1.82 bits per heavy atom. The fraction of sp³-hybridized carbons (Fsp3) is 0.400. The zero-order chi connectivity index (χ0) is 16.7. The lowest BCUT2D eigenvalue weighted by atomic mass is 9.80. The lowest BCUT2D eigenvalue weighted by molar-refractivity contribution is 0.447. The minimum Gasteiger partial charge on any atom is -0.508 e. The number of rotatable bonds is 1. The summed E-state index contributed by atoms with van der Waals surface area (Å²) < 4.78 is 0. The smallest absolute Gasteiger partial charge is 0.123 e. The van der Waals surface area contributed by atoms with Gasteiger partial charge in [0.1, 0.15) is 11.5 Å². The van der Waals surface area contributed by atoms with E-state index in [-0.39, 0.29) is 22.3 Å². The van der Waals surface area contributed by atoms with Gasteiger partial charge in [-0.15, -0.1) is 0 Å². The summed E-state index contributed by atoms with van der Waals surface area (Å²) in [7, 11) is 0. The highest BCUT2D eigenvalue weighted by Gasteiger charge is 2.24. The molecule has 0 amide bonds. The van der Waals surface area contributed by atoms with Gasteiger partial charge in [-0.2, -0.15) is 0 Å². The molecule has 2 heteroatoms. The second kappa shape index (κ2) is 5.35. The van der Waals surface area contributed by atoms with Gasteiger partial charge in [-0.3, -0.25) is 0 Å². The molecule has 2 N–H and O–H groups in total. The van der Waals surface area contributed by atoms with Crippen LogP contribution in [0.25, 0.3) is 11.1 Å². The molecule has 2 aromatic rings. The van der Waals surface area contributed by atoms with Crippen LogP contribution in [0.1, 0.15) is 52.7 Å². The topological polar surface area (TPSA) is 40.5 Å². The van der Waals surface area contributed by atoms with Gasteiger partial charge in [0.25, 0.3) is 0 Å². The SMILES string of the molecule is CC(C)(C)c1ccc(-c2cccc(O)c2C(C)(C)C)c(O)c1. The van der Waals surface area contributed by atoms with Crippen molar-refractivity contribution in [2.45, 2.75) is 52.4 Å². The molecule has 0 heterocycles. The molecule has 118 valence electrons. The minimum absolute atomic E-state index is 0.0122. The maximum atomic E-state index is 10.5. The van der Waals surface area contributed by atoms with Crippen LogP contribution >= 0.6 is 0 Å². The van der Waals surface area contributed by atoms with Crippen LogP contribution in [0.3, 0.4) is 0 Å². The van der Waals surface area contributed by atoms with Crippen LogP contribution in [0.5, 0.6) is 11.5 Å². The van der Waals surface area contributed by atoms with Crippen molar-refractivity contribution in [3.8, 4) is 22.6 Å². The van der Waals surface area contributed by atoms with Crippen molar-refractivity contribution in [2.75, 3.05) is 0 Å². The number of benzene rings is 2. The van der Waals surface area contributed by atoms with Crippen LogP contribution in [-0.2, 0) is 10.8 Å². The molecule has 0 aromatic heterocycles. The van der Waals surface area contributed by atoms with Crippen molar-refractivity contribution in [2.24, 2.45) is 0 Å². The van der Waals surface area contributed by atoms with E-state index < -0.39 is 0 Å². The number of phenols is 2. The van der Waals surface area contributed by atoms with Crippen LogP contribution in [0.2, 0.25) is 0 Å². The zero-order valence-electron chi connectivity index (χ0n) is 14.4. The maximum Gasteiger partial charge on any atom is 0.123 e. The van der Waals surface area contributed by atoms with Gasteiger partial charge in [0.15, 0.2) is 0 Å². The van der Waals surface area contributed by atoms with Crippen molar-refractivity contribution in [3.63, 3.8) is 0 Å². The van der Waals surface area contributed by atoms with E-state index in [9.17, 15) is 10.2 Å². The summed E-state index contributed by atoms with van der Waals surface area (Å²) in [5.74, 6) is 0.521. The van der Waals surface area contributed by atoms with E-state index in [0.29, 0.717) is 0 Å². The highest BCUT2D eigenvalue weighted by Crippen LogP contribution is 2.42. The van der Waals surface area contributed by atoms with Gasteiger partial charge in [0.05, 0.1) is 0 Å². The molecule has 0 aliphatic rings. The summed E-state index contributed by atoms with van der Waals surface area (Å²) >= 11 is 0. The van der Waals surface area contributed by atoms with E-state index in [0.717, 1.165) is 22.3 Å². The molecule has 0 unspecified atom stereocenters. The van der Waals surface area contributed by atoms with Gasteiger partial charge >= 0.3 is 0 Å². The summed E-state index contributed by atoms with van der Waals surface area (Å²) in [6.45, 7) is 12.5. The number of phenolic OH excluding ortho intramolecular Hbond substituents is 2. The first kappa shape index (κ1) is 16.4. The average molecular weight is 298 g/mol. The Balaban J connectivity index is 2.66. The molecule has 0 aliphatic heterocycles. The molecule has 2 nitrogen and oxygen atoms in total. The monoisotopic (exact) mass is 298 g/mol. The third-order valence-corrected chi connectivity index (χ3v) is 3.95. The van der Waals surface area contributed by atoms with E-state index >= 15 is 0 Å². The third kappa shape index (κ3) is 3.11. The molecule has 0 spiro atoms. The summed E-state index contributed by atoms with van der Waals surface area (Å²) in [4.78, 5) is 0. The zero-order valence-corrected chi connectivity index (χ0v) is 14.4. The summed E-state index contributed by atoms with van der Waals surface area (Å²) in [5, 5.41) is 20.8. The van der Waals surface area contributed by atoms with Gasteiger partial charge in [0, 0.05) is 11.1 Å². The Kier molecular flexibility index (Phi) is 3.99. The van der Waals surface area contributed by atoms with Crippen LogP contribution in [0, 0.1) is 0 Å². The molecule has 0 aliphatic carbocycles. The average Bonchev–Trinajstić information content (AvgIpc) is 2.35. The van der Waals surface area contributed by atoms with Crippen molar-refractivity contribution in [1.82, 2.24) is 0 Å². The quantitative estimate of drug-likeness (QED) is 0.744. The van der Waals surface area contributed by atoms with Crippen LogP contribution in [0.4, 0.5) is 0 Å². The first-order valence-corrected chi connectivity index (χ1v) is 7.68. The van der Waals surface area contributed by atoms with Gasteiger partial charge < -0.3 is 10.2 Å². The van der Waals surface area contributed by atoms with Crippen LogP contribution < -0.4 is 0 Å². The van der Waals surface area contributed by atoms with Crippen LogP contribution in [0.15, 0.2) is 36.4 Å². The standard InChI is InChI=1S/C20H26O2/c1-19(2,3)13-10-11-14(17(22)12-13)15-8-7-9-16(21)18(15)20(4,5)6/h7-12,21-22H,1-6H3. The molecule has 22 heavy (non-hydrogen) atoms. The second-order valence-electron chi connectivity index (χ2n) is 7.93. The first-order chi connectivity index (χ1) is 10.0. The normalized spacial score (nSPS) is 12.5. The van der Waals surface area contributed by atoms with Crippen molar-refractivity contribution in [3.05, 3.63) is 47.5 Å². The van der Waals surface area contributed by atoms with E-state index in [1.807, 2.05) is 30.3 Å². The van der Waals surface area contributed by atoms with Gasteiger partial charge in [0.2, 0.25) is 0 Å². The molecule has 0 saturated heterocycles. The molecule has 0 radical (unpaired) electrons. The minimum atomic E-state index is -0.212. The Hall–Kier alpha value is -1.96. The van der Waals surface area contributed by atoms with Crippen molar-refractivity contribution in [1.29, 1.82) is 0 Å². The fourth-order valence-electron chi connectivity index (χ4n) is 2.78. The number of hydrogen-bond acceptors (Lipinski definition) is 2. The predicted octanol–water partition coefficient (Wildman–Crippen LogP) is 5.36. The molecular formula is C20H26O2. The van der Waals surface area contributed by atoms with E-state index in [2.05, 4.69) is 41.5 Å². The highest BCUT2D eigenvalue weighted by molar-refractivity contribution is 5.76. The first-order valence-electron chi connectivity index (χ1n) is 7.68. The summed E-state index contributed by atoms with van der Waals surface area (Å²) in [5.41, 5.74) is 3.36. The number of aromatic hydroxyl groups is 2. The largest absolute Gasteiger partial charge is 0.508 e. The molecular weight excluding hydrogens is 272 g/mol. The third-order valence-electron chi connectivity index (χ3n) is 3.95. The van der Waals surface area contributed by atoms with Gasteiger partial charge in [-0.25, -0.2) is 0 Å². The lowest BCUT2D eigenvalue weighted by Crippen LogP contribution is -2.13. The van der Waals surface area contributed by atoms with Gasteiger partial charge in [-0.05, 0) is 34.1 Å². The Morgan fingerprint density at radius 2 is 1.32 bits per heavy atom. The Morgan fingerprint density at radius 1 is 0.682 bits per heavy atom. The molecule has 0 saturated carbocycles. The molecule has 0 atom stereocenters. The maximum absolute atomic E-state index is 10.5. The highest BCUT2D eigenvalue weighted by atomic mass is 16.3. The number of hydrogen-bond donors (Lipinski definition) is 2. The molecule has 2 aromatic carbocycles. The van der Waals surface area contributed by atoms with E-state index in [1.54, 1.807) is 6.07 Å². The summed E-state index contributed by atoms with van der Waals surface area (Å²) in [6.07, 6.45) is 0. The van der Waals surface area contributed by atoms with Crippen LogP contribution in [-0.4, -0.2) is 10.2 Å². The Bertz CT molecular complexity index is 686. The van der Waals surface area contributed by atoms with Gasteiger partial charge in [-0.1, -0.05) is 65.8 Å². The molecule has 0 bridgehead atoms. The fourth-order valence-corrected chi connectivity index (χ4v) is 2.78. The molecule has 0 fully saturated rings. The van der Waals surface area contributed by atoms with E-state index in [4.69, 9.17) is 0 Å². The van der Waals surface area contributed by atoms with Crippen molar-refractivity contribution < 1.29 is 10.2 Å². The molecule has 2 rings (SSSR count). The predicted molar refractivity (Wildman–Crippen MR) is 92.6 cm³/mol. The Labute approximate surface area is 133 Å².